The van der Waals surface area contributed by atoms with Crippen LogP contribution in [-0.2, 0) is 4.79 Å². The summed E-state index contributed by atoms with van der Waals surface area (Å²) < 4.78 is 60.6. The number of piperidine rings is 1. The monoisotopic (exact) mass is 622 g/mol. The van der Waals surface area contributed by atoms with E-state index in [1.165, 1.54) is 54.9 Å². The van der Waals surface area contributed by atoms with E-state index in [2.05, 4.69) is 4.90 Å². The highest BCUT2D eigenvalue weighted by molar-refractivity contribution is 6.15. The number of ether oxygens (including phenoxy) is 1. The van der Waals surface area contributed by atoms with Crippen LogP contribution in [0.25, 0.3) is 12.2 Å². The molecular formula is C36H38F4N2O3. The summed E-state index contributed by atoms with van der Waals surface area (Å²) in [4.78, 5) is 30.8. The van der Waals surface area contributed by atoms with Crippen LogP contribution in [0.3, 0.4) is 0 Å². The van der Waals surface area contributed by atoms with Gasteiger partial charge in [-0.2, -0.15) is 0 Å². The fraction of sp³-hybridized carbons (Fsp3) is 0.333. The molecule has 5 nitrogen and oxygen atoms in total. The molecule has 0 aromatic heterocycles. The first-order valence-corrected chi connectivity index (χ1v) is 15.4. The summed E-state index contributed by atoms with van der Waals surface area (Å²) in [7, 11) is 0. The predicted molar refractivity (Wildman–Crippen MR) is 168 cm³/mol. The van der Waals surface area contributed by atoms with Crippen LogP contribution in [0.1, 0.15) is 61.0 Å². The van der Waals surface area contributed by atoms with Crippen molar-refractivity contribution in [2.24, 2.45) is 0 Å². The van der Waals surface area contributed by atoms with Crippen LogP contribution in [0.2, 0.25) is 0 Å². The zero-order chi connectivity index (χ0) is 32.3. The number of nitrogens with zero attached hydrogens (tertiary/aromatic N) is 2. The number of amides is 1. The first-order chi connectivity index (χ1) is 21.8. The van der Waals surface area contributed by atoms with Gasteiger partial charge in [0.05, 0.1) is 13.1 Å². The van der Waals surface area contributed by atoms with Gasteiger partial charge in [0.25, 0.3) is 5.91 Å². The van der Waals surface area contributed by atoms with Crippen molar-refractivity contribution < 1.29 is 31.9 Å². The van der Waals surface area contributed by atoms with E-state index in [0.29, 0.717) is 17.9 Å². The molecule has 3 aromatic carbocycles. The average Bonchev–Trinajstić information content (AvgIpc) is 3.32. The minimum atomic E-state index is -1.07. The van der Waals surface area contributed by atoms with Gasteiger partial charge in [-0.15, -0.1) is 0 Å². The van der Waals surface area contributed by atoms with Gasteiger partial charge in [0.15, 0.2) is 29.1 Å². The molecule has 0 atom stereocenters. The second kappa shape index (κ2) is 16.2. The Kier molecular flexibility index (Phi) is 12.1. The van der Waals surface area contributed by atoms with Crippen molar-refractivity contribution in [3.05, 3.63) is 112 Å². The van der Waals surface area contributed by atoms with Gasteiger partial charge in [-0.1, -0.05) is 38.8 Å². The first kappa shape index (κ1) is 33.6. The second-order valence-corrected chi connectivity index (χ2v) is 10.8. The number of ketones is 1. The number of benzene rings is 3. The maximum absolute atomic E-state index is 13.9. The van der Waals surface area contributed by atoms with Gasteiger partial charge in [-0.05, 0) is 97.7 Å². The number of likely N-dealkylation sites (tertiary alicyclic amines) is 2. The molecule has 0 saturated carbocycles. The number of Topliss-reactive ketones (excluding diaryl/α,β-unsaturated/α-hetero) is 1. The molecule has 2 heterocycles. The van der Waals surface area contributed by atoms with E-state index < -0.39 is 29.1 Å². The molecule has 0 aliphatic carbocycles. The number of carbonyl (C=O) groups excluding carboxylic acids is 2. The molecule has 5 rings (SSSR count). The van der Waals surface area contributed by atoms with Crippen LogP contribution in [0.5, 0.6) is 5.75 Å². The lowest BCUT2D eigenvalue weighted by Crippen LogP contribution is -2.41. The topological polar surface area (TPSA) is 49.9 Å². The first-order valence-electron chi connectivity index (χ1n) is 15.4. The van der Waals surface area contributed by atoms with Crippen LogP contribution in [0.15, 0.2) is 71.8 Å². The Morgan fingerprint density at radius 1 is 0.733 bits per heavy atom. The fourth-order valence-corrected chi connectivity index (χ4v) is 5.32. The summed E-state index contributed by atoms with van der Waals surface area (Å²) in [6.07, 6.45) is 7.72. The van der Waals surface area contributed by atoms with Crippen LogP contribution in [0, 0.1) is 23.3 Å². The van der Waals surface area contributed by atoms with E-state index in [1.807, 2.05) is 13.8 Å². The normalized spacial score (nSPS) is 17.6. The fourth-order valence-electron chi connectivity index (χ4n) is 5.32. The summed E-state index contributed by atoms with van der Waals surface area (Å²) in [5.41, 5.74) is 1.17. The van der Waals surface area contributed by atoms with Gasteiger partial charge in [0.1, 0.15) is 12.4 Å². The third-order valence-corrected chi connectivity index (χ3v) is 7.64. The summed E-state index contributed by atoms with van der Waals surface area (Å²) in [6, 6.07) is 13.2. The molecule has 0 unspecified atom stereocenters. The molecule has 3 aromatic rings. The van der Waals surface area contributed by atoms with Crippen molar-refractivity contribution in [2.45, 2.75) is 39.5 Å². The lowest BCUT2D eigenvalue weighted by atomic mass is 9.93. The Bertz CT molecular complexity index is 1470. The van der Waals surface area contributed by atoms with Crippen molar-refractivity contribution in [3.63, 3.8) is 0 Å². The molecule has 238 valence electrons. The van der Waals surface area contributed by atoms with Gasteiger partial charge in [0.2, 0.25) is 0 Å². The second-order valence-electron chi connectivity index (χ2n) is 10.8. The van der Waals surface area contributed by atoms with E-state index in [4.69, 9.17) is 4.74 Å². The van der Waals surface area contributed by atoms with E-state index in [1.54, 1.807) is 24.3 Å². The van der Waals surface area contributed by atoms with Crippen molar-refractivity contribution in [3.8, 4) is 5.75 Å². The van der Waals surface area contributed by atoms with Crippen molar-refractivity contribution in [1.82, 2.24) is 9.80 Å². The molecule has 0 N–H and O–H groups in total. The predicted octanol–water partition coefficient (Wildman–Crippen LogP) is 7.72. The Labute approximate surface area is 261 Å². The maximum Gasteiger partial charge on any atom is 0.254 e. The average molecular weight is 623 g/mol. The molecule has 0 radical (unpaired) electrons. The number of hydrogen-bond acceptors (Lipinski definition) is 4. The molecule has 45 heavy (non-hydrogen) atoms. The van der Waals surface area contributed by atoms with Crippen molar-refractivity contribution in [1.29, 1.82) is 0 Å². The molecule has 2 saturated heterocycles. The molecule has 0 bridgehead atoms. The summed E-state index contributed by atoms with van der Waals surface area (Å²) in [5, 5.41) is 0. The minimum absolute atomic E-state index is 0.0835. The van der Waals surface area contributed by atoms with Crippen LogP contribution in [0.4, 0.5) is 17.6 Å². The zero-order valence-corrected chi connectivity index (χ0v) is 25.6. The Hall–Kier alpha value is -4.24. The molecule has 1 amide bonds. The molecule has 0 spiro atoms. The van der Waals surface area contributed by atoms with Gasteiger partial charge in [-0.3, -0.25) is 14.5 Å². The van der Waals surface area contributed by atoms with Crippen LogP contribution >= 0.6 is 0 Å². The summed E-state index contributed by atoms with van der Waals surface area (Å²) >= 11 is 0. The molecular weight excluding hydrogens is 584 g/mol. The third-order valence-electron chi connectivity index (χ3n) is 7.64. The van der Waals surface area contributed by atoms with Crippen molar-refractivity contribution in [2.75, 3.05) is 39.3 Å². The van der Waals surface area contributed by atoms with Gasteiger partial charge >= 0.3 is 0 Å². The van der Waals surface area contributed by atoms with Gasteiger partial charge in [0, 0.05) is 23.3 Å². The molecule has 2 aliphatic heterocycles. The zero-order valence-electron chi connectivity index (χ0n) is 25.6. The molecule has 2 aliphatic rings. The Morgan fingerprint density at radius 3 is 1.73 bits per heavy atom. The van der Waals surface area contributed by atoms with E-state index >= 15 is 0 Å². The largest absolute Gasteiger partial charge is 0.492 e. The highest BCUT2D eigenvalue weighted by atomic mass is 19.2. The minimum Gasteiger partial charge on any atom is -0.492 e. The van der Waals surface area contributed by atoms with Crippen molar-refractivity contribution >= 4 is 23.8 Å². The van der Waals surface area contributed by atoms with E-state index in [9.17, 15) is 27.2 Å². The summed E-state index contributed by atoms with van der Waals surface area (Å²) in [5.74, 6) is -4.36. The number of rotatable bonds is 7. The quantitative estimate of drug-likeness (QED) is 0.200. The standard InChI is InChI=1S/C34H32F4N2O3.C2H6/c35-29-11-5-23(19-31(29)37)17-26-21-40(22-27(33(26)41)18-24-6-12-30(36)32(38)20-24)34(42)25-7-9-28(10-8-25)43-16-15-39-13-3-1-2-4-14-39;1-2/h5-12,17-20H,1-4,13-16,21-22H2;1-2H3/b26-17+,27-18+;. The SMILES string of the molecule is CC.O=C1/C(=C/c2ccc(F)c(F)c2)CN(C(=O)c2ccc(OCCN3CCCCCC3)cc2)C/C1=C\c1ccc(F)c(F)c1. The van der Waals surface area contributed by atoms with E-state index in [0.717, 1.165) is 43.9 Å². The Morgan fingerprint density at radius 2 is 1.24 bits per heavy atom. The molecule has 9 heteroatoms. The highest BCUT2D eigenvalue weighted by Gasteiger charge is 2.30. The third kappa shape index (κ3) is 9.14. The summed E-state index contributed by atoms with van der Waals surface area (Å²) in [6.45, 7) is 7.36. The van der Waals surface area contributed by atoms with Crippen LogP contribution in [-0.4, -0.2) is 60.8 Å². The van der Waals surface area contributed by atoms with Crippen LogP contribution < -0.4 is 4.74 Å². The van der Waals surface area contributed by atoms with Gasteiger partial charge < -0.3 is 9.64 Å². The smallest absolute Gasteiger partial charge is 0.254 e. The highest BCUT2D eigenvalue weighted by Crippen LogP contribution is 2.25. The number of carbonyl (C=O) groups is 2. The number of hydrogen-bond donors (Lipinski definition) is 0. The van der Waals surface area contributed by atoms with E-state index in [-0.39, 0.29) is 41.3 Å². The lowest BCUT2D eigenvalue weighted by Gasteiger charge is -2.30. The molecule has 2 fully saturated rings. The Balaban J connectivity index is 0.00000226. The van der Waals surface area contributed by atoms with Gasteiger partial charge in [-0.25, -0.2) is 17.6 Å². The number of halogens is 4. The lowest BCUT2D eigenvalue weighted by molar-refractivity contribution is -0.113. The maximum atomic E-state index is 13.9.